The van der Waals surface area contributed by atoms with Gasteiger partial charge in [-0.05, 0) is 0 Å². The average Bonchev–Trinajstić information content (AvgIpc) is 2.39. The molecule has 0 radical (unpaired) electrons. The van der Waals surface area contributed by atoms with E-state index in [0.717, 1.165) is 0 Å². The van der Waals surface area contributed by atoms with E-state index in [0.29, 0.717) is 0 Å². The van der Waals surface area contributed by atoms with E-state index >= 15 is 0 Å². The molecule has 0 aromatic rings. The topological polar surface area (TPSA) is 92.9 Å². The largest absolute Gasteiger partial charge is 0.475 e. The van der Waals surface area contributed by atoms with Crippen molar-refractivity contribution in [3.8, 4) is 0 Å². The molecule has 1 amide bonds. The number of amides is 1. The van der Waals surface area contributed by atoms with Crippen molar-refractivity contribution in [1.29, 1.82) is 0 Å². The highest BCUT2D eigenvalue weighted by Crippen LogP contribution is 2.24. The van der Waals surface area contributed by atoms with E-state index in [1.165, 1.54) is 0 Å². The van der Waals surface area contributed by atoms with Crippen LogP contribution in [0.25, 0.3) is 0 Å². The van der Waals surface area contributed by atoms with Gasteiger partial charge in [0.25, 0.3) is 11.7 Å². The van der Waals surface area contributed by atoms with Gasteiger partial charge in [0.1, 0.15) is 0 Å². The molecule has 5 nitrogen and oxygen atoms in total. The number of hydrogen-bond acceptors (Lipinski definition) is 3. The number of carbonyl (C=O) groups is 2. The summed E-state index contributed by atoms with van der Waals surface area (Å²) in [5.74, 6) is -2.69. The maximum absolute atomic E-state index is 10.1. The van der Waals surface area contributed by atoms with E-state index in [4.69, 9.17) is 5.11 Å². The third-order valence-electron chi connectivity index (χ3n) is 0.787. The van der Waals surface area contributed by atoms with Gasteiger partial charge in [0.05, 0.1) is 0 Å². The van der Waals surface area contributed by atoms with E-state index in [2.05, 4.69) is 10.5 Å². The number of carboxylic acid groups (broad SMARTS) is 1. The Morgan fingerprint density at radius 2 is 2.00 bits per heavy atom. The van der Waals surface area contributed by atoms with Crippen molar-refractivity contribution in [3.63, 3.8) is 0 Å². The number of rotatable bonds is 2. The molecule has 1 rings (SSSR count). The summed E-state index contributed by atoms with van der Waals surface area (Å²) < 4.78 is 4.20. The molecular weight excluding hydrogens is 126 g/mol. The van der Waals surface area contributed by atoms with E-state index in [1.807, 2.05) is 0 Å². The molecule has 0 bridgehead atoms. The lowest BCUT2D eigenvalue weighted by atomic mass is 10.5. The lowest BCUT2D eigenvalue weighted by Gasteiger charge is -1.71. The van der Waals surface area contributed by atoms with Crippen LogP contribution in [0.2, 0.25) is 0 Å². The molecule has 5 heteroatoms. The monoisotopic (exact) mass is 129 g/mol. The van der Waals surface area contributed by atoms with Gasteiger partial charge in [-0.2, -0.15) is 0 Å². The molecule has 3 N–H and O–H groups in total. The number of carbonyl (C=O) groups excluding carboxylic acids is 1. The second-order valence-corrected chi connectivity index (χ2v) is 1.43. The zero-order valence-corrected chi connectivity index (χ0v) is 4.25. The number of aliphatic carboxylic acids is 1. The summed E-state index contributed by atoms with van der Waals surface area (Å²) in [6.45, 7) is 0. The molecule has 0 fully saturated rings. The minimum Gasteiger partial charge on any atom is -0.475 e. The van der Waals surface area contributed by atoms with Crippen LogP contribution >= 0.6 is 0 Å². The molecule has 0 unspecified atom stereocenters. The predicted octanol–water partition coefficient (Wildman–Crippen LogP) is -1.20. The van der Waals surface area contributed by atoms with Crippen LogP contribution in [0.5, 0.6) is 0 Å². The van der Waals surface area contributed by atoms with Crippen molar-refractivity contribution in [2.75, 3.05) is 0 Å². The molecule has 0 spiro atoms. The van der Waals surface area contributed by atoms with Crippen molar-refractivity contribution in [2.45, 2.75) is 0 Å². The molecule has 0 aromatic heterocycles. The van der Waals surface area contributed by atoms with Crippen LogP contribution in [0.15, 0.2) is 11.5 Å². The standard InChI is InChI=1S/C4H3NO4/c5-3(6)1-2(9-1)4(7)8/h(H2,5,6)(H,7,8). The fraction of sp³-hybridized carbons (Fsp3) is 0. The van der Waals surface area contributed by atoms with Gasteiger partial charge in [0.15, 0.2) is 0 Å². The van der Waals surface area contributed by atoms with Crippen LogP contribution in [-0.4, -0.2) is 17.0 Å². The maximum atomic E-state index is 10.1. The van der Waals surface area contributed by atoms with Crippen LogP contribution in [-0.2, 0) is 14.3 Å². The summed E-state index contributed by atoms with van der Waals surface area (Å²) >= 11 is 0. The molecule has 9 heavy (non-hydrogen) atoms. The zero-order chi connectivity index (χ0) is 7.02. The van der Waals surface area contributed by atoms with Gasteiger partial charge < -0.3 is 15.6 Å². The molecule has 0 atom stereocenters. The van der Waals surface area contributed by atoms with Gasteiger partial charge in [-0.15, -0.1) is 0 Å². The van der Waals surface area contributed by atoms with Crippen LogP contribution in [0.3, 0.4) is 0 Å². The molecule has 1 aliphatic rings. The Morgan fingerprint density at radius 3 is 2.11 bits per heavy atom. The predicted molar refractivity (Wildman–Crippen MR) is 24.9 cm³/mol. The van der Waals surface area contributed by atoms with Crippen molar-refractivity contribution in [1.82, 2.24) is 0 Å². The summed E-state index contributed by atoms with van der Waals surface area (Å²) in [4.78, 5) is 19.9. The van der Waals surface area contributed by atoms with Gasteiger partial charge in [0, 0.05) is 0 Å². The molecule has 0 saturated heterocycles. The number of carboxylic acids is 1. The molecule has 1 heterocycles. The molecular formula is C4H3NO4. The Bertz CT molecular complexity index is 195. The van der Waals surface area contributed by atoms with Gasteiger partial charge in [-0.25, -0.2) is 4.79 Å². The minimum absolute atomic E-state index is 0.248. The van der Waals surface area contributed by atoms with Gasteiger partial charge in [-0.3, -0.25) is 4.79 Å². The quantitative estimate of drug-likeness (QED) is 0.489. The average molecular weight is 129 g/mol. The van der Waals surface area contributed by atoms with Crippen LogP contribution in [0.4, 0.5) is 0 Å². The fourth-order valence-corrected chi connectivity index (χ4v) is 0.380. The van der Waals surface area contributed by atoms with Gasteiger partial charge >= 0.3 is 5.97 Å². The second-order valence-electron chi connectivity index (χ2n) is 1.43. The number of ether oxygens (including phenoxy) is 1. The zero-order valence-electron chi connectivity index (χ0n) is 4.25. The first-order valence-electron chi connectivity index (χ1n) is 2.08. The van der Waals surface area contributed by atoms with E-state index in [1.54, 1.807) is 0 Å². The summed E-state index contributed by atoms with van der Waals surface area (Å²) in [5, 5.41) is 8.08. The summed E-state index contributed by atoms with van der Waals surface area (Å²) in [6.07, 6.45) is 0. The lowest BCUT2D eigenvalue weighted by molar-refractivity contribution is -0.133. The maximum Gasteiger partial charge on any atom is 0.376 e. The van der Waals surface area contributed by atoms with Crippen LogP contribution in [0, 0.1) is 0 Å². The Balaban J connectivity index is 2.71. The Hall–Kier alpha value is -1.52. The number of hydrogen-bond donors (Lipinski definition) is 2. The fourth-order valence-electron chi connectivity index (χ4n) is 0.380. The van der Waals surface area contributed by atoms with E-state index in [9.17, 15) is 9.59 Å². The Labute approximate surface area is 49.7 Å². The summed E-state index contributed by atoms with van der Waals surface area (Å²) in [7, 11) is 0. The van der Waals surface area contributed by atoms with E-state index < -0.39 is 11.9 Å². The lowest BCUT2D eigenvalue weighted by Crippen LogP contribution is -2.08. The summed E-state index contributed by atoms with van der Waals surface area (Å²) in [5.41, 5.74) is 4.64. The van der Waals surface area contributed by atoms with Gasteiger partial charge in [0.2, 0.25) is 5.76 Å². The first kappa shape index (κ1) is 5.61. The SMILES string of the molecule is NC(=O)C1=C(C(=O)O)O1. The minimum atomic E-state index is -1.26. The highest BCUT2D eigenvalue weighted by Gasteiger charge is 2.36. The van der Waals surface area contributed by atoms with Gasteiger partial charge in [-0.1, -0.05) is 0 Å². The van der Waals surface area contributed by atoms with Crippen LogP contribution in [0.1, 0.15) is 0 Å². The molecule has 0 aliphatic carbocycles. The summed E-state index contributed by atoms with van der Waals surface area (Å²) in [6, 6.07) is 0. The van der Waals surface area contributed by atoms with Crippen LogP contribution < -0.4 is 5.73 Å². The van der Waals surface area contributed by atoms with E-state index in [-0.39, 0.29) is 11.5 Å². The highest BCUT2D eigenvalue weighted by atomic mass is 16.6. The normalized spacial score (nSPS) is 14.7. The van der Waals surface area contributed by atoms with Crippen molar-refractivity contribution in [2.24, 2.45) is 5.73 Å². The second kappa shape index (κ2) is 1.48. The third-order valence-corrected chi connectivity index (χ3v) is 0.787. The molecule has 48 valence electrons. The van der Waals surface area contributed by atoms with Crippen molar-refractivity contribution < 1.29 is 19.4 Å². The molecule has 1 aliphatic heterocycles. The molecule has 0 aromatic carbocycles. The smallest absolute Gasteiger partial charge is 0.376 e. The highest BCUT2D eigenvalue weighted by molar-refractivity contribution is 6.04. The van der Waals surface area contributed by atoms with Crippen molar-refractivity contribution >= 4 is 11.9 Å². The van der Waals surface area contributed by atoms with Crippen molar-refractivity contribution in [3.05, 3.63) is 11.5 Å². The Kier molecular flexibility index (Phi) is 0.921. The molecule has 0 saturated carbocycles. The Morgan fingerprint density at radius 1 is 1.44 bits per heavy atom. The third kappa shape index (κ3) is 0.835. The number of nitrogens with two attached hydrogens (primary N) is 1. The first-order valence-corrected chi connectivity index (χ1v) is 2.08. The first-order chi connectivity index (χ1) is 4.13. The number of primary amides is 1.